The van der Waals surface area contributed by atoms with Gasteiger partial charge in [-0.15, -0.1) is 0 Å². The molecule has 0 aliphatic heterocycles. The lowest BCUT2D eigenvalue weighted by Crippen LogP contribution is -2.32. The highest BCUT2D eigenvalue weighted by atomic mass is 15.1. The average molecular weight is 523 g/mol. The highest BCUT2D eigenvalue weighted by Gasteiger charge is 2.14. The van der Waals surface area contributed by atoms with Gasteiger partial charge < -0.3 is 9.80 Å². The maximum atomic E-state index is 2.92. The second kappa shape index (κ2) is 30.5. The van der Waals surface area contributed by atoms with E-state index in [1.54, 1.807) is 0 Å². The summed E-state index contributed by atoms with van der Waals surface area (Å²) in [6.45, 7) is 12.4. The molecule has 0 aromatic rings. The second-order valence-corrected chi connectivity index (χ2v) is 12.6. The Kier molecular flexibility index (Phi) is 30.4. The summed E-state index contributed by atoms with van der Waals surface area (Å²) in [6, 6.07) is 0. The first kappa shape index (κ1) is 36.9. The summed E-state index contributed by atoms with van der Waals surface area (Å²) in [7, 11) is 4.39. The number of hydrogen-bond acceptors (Lipinski definition) is 2. The van der Waals surface area contributed by atoms with Crippen LogP contribution < -0.4 is 0 Å². The van der Waals surface area contributed by atoms with Crippen molar-refractivity contribution >= 4 is 0 Å². The molecule has 0 saturated carbocycles. The fourth-order valence-corrected chi connectivity index (χ4v) is 5.82. The normalized spacial score (nSPS) is 12.7. The predicted molar refractivity (Wildman–Crippen MR) is 171 cm³/mol. The summed E-state index contributed by atoms with van der Waals surface area (Å²) in [5, 5.41) is 0. The summed E-state index contributed by atoms with van der Waals surface area (Å²) >= 11 is 0. The van der Waals surface area contributed by atoms with Gasteiger partial charge in [-0.1, -0.05) is 149 Å². The highest BCUT2D eigenvalue weighted by Crippen LogP contribution is 2.21. The maximum Gasteiger partial charge on any atom is 0.000965 e. The summed E-state index contributed by atoms with van der Waals surface area (Å²) in [4.78, 5) is 5.24. The van der Waals surface area contributed by atoms with Gasteiger partial charge in [0, 0.05) is 6.54 Å². The van der Waals surface area contributed by atoms with E-state index < -0.39 is 0 Å². The Bertz CT molecular complexity index is 408. The molecule has 0 radical (unpaired) electrons. The van der Waals surface area contributed by atoms with E-state index in [4.69, 9.17) is 0 Å². The molecule has 0 rings (SSSR count). The van der Waals surface area contributed by atoms with Gasteiger partial charge in [-0.25, -0.2) is 0 Å². The van der Waals surface area contributed by atoms with Crippen molar-refractivity contribution in [3.8, 4) is 0 Å². The highest BCUT2D eigenvalue weighted by molar-refractivity contribution is 4.69. The van der Waals surface area contributed by atoms with Crippen molar-refractivity contribution in [3.63, 3.8) is 0 Å². The van der Waals surface area contributed by atoms with Crippen LogP contribution in [0.15, 0.2) is 0 Å². The van der Waals surface area contributed by atoms with E-state index in [-0.39, 0.29) is 0 Å². The van der Waals surface area contributed by atoms with Crippen LogP contribution in [0, 0.1) is 5.92 Å². The molecule has 0 saturated heterocycles. The summed E-state index contributed by atoms with van der Waals surface area (Å²) in [6.07, 6.45) is 35.9. The van der Waals surface area contributed by atoms with Gasteiger partial charge in [0.2, 0.25) is 0 Å². The molecule has 0 bridgehead atoms. The summed E-state index contributed by atoms with van der Waals surface area (Å²) in [5.74, 6) is 0.944. The quantitative estimate of drug-likeness (QED) is 0.0835. The Morgan fingerprint density at radius 1 is 0.378 bits per heavy atom. The van der Waals surface area contributed by atoms with E-state index in [0.717, 1.165) is 5.92 Å². The first-order valence-corrected chi connectivity index (χ1v) is 17.5. The van der Waals surface area contributed by atoms with Crippen LogP contribution in [0.2, 0.25) is 0 Å². The Hall–Kier alpha value is -0.0800. The van der Waals surface area contributed by atoms with Crippen LogP contribution in [0.3, 0.4) is 0 Å². The molecular formula is C35H74N2. The lowest BCUT2D eigenvalue weighted by atomic mass is 9.93. The van der Waals surface area contributed by atoms with Crippen LogP contribution >= 0.6 is 0 Å². The van der Waals surface area contributed by atoms with Gasteiger partial charge >= 0.3 is 0 Å². The van der Waals surface area contributed by atoms with E-state index in [1.165, 1.54) is 187 Å². The molecule has 0 heterocycles. The fraction of sp³-hybridized carbons (Fsp3) is 1.00. The minimum Gasteiger partial charge on any atom is -0.309 e. The van der Waals surface area contributed by atoms with E-state index >= 15 is 0 Å². The van der Waals surface area contributed by atoms with Crippen molar-refractivity contribution in [1.29, 1.82) is 0 Å². The van der Waals surface area contributed by atoms with Crippen LogP contribution in [0.4, 0.5) is 0 Å². The fourth-order valence-electron chi connectivity index (χ4n) is 5.82. The molecule has 2 nitrogen and oxygen atoms in total. The van der Waals surface area contributed by atoms with Crippen LogP contribution in [0.25, 0.3) is 0 Å². The Balaban J connectivity index is 4.50. The molecule has 0 N–H and O–H groups in total. The van der Waals surface area contributed by atoms with E-state index in [0.29, 0.717) is 0 Å². The number of unbranched alkanes of at least 4 members (excludes halogenated alkanes) is 19. The largest absolute Gasteiger partial charge is 0.309 e. The van der Waals surface area contributed by atoms with Crippen molar-refractivity contribution in [2.24, 2.45) is 5.92 Å². The van der Waals surface area contributed by atoms with Gasteiger partial charge in [-0.3, -0.25) is 0 Å². The second-order valence-electron chi connectivity index (χ2n) is 12.6. The van der Waals surface area contributed by atoms with Crippen LogP contribution in [0.1, 0.15) is 181 Å². The predicted octanol–water partition coefficient (Wildman–Crippen LogP) is 11.3. The number of nitrogens with zero attached hydrogens (tertiary/aromatic N) is 2. The maximum absolute atomic E-state index is 2.92. The lowest BCUT2D eigenvalue weighted by molar-refractivity contribution is 0.204. The van der Waals surface area contributed by atoms with Crippen molar-refractivity contribution in [2.75, 3.05) is 40.3 Å². The van der Waals surface area contributed by atoms with Crippen LogP contribution in [-0.2, 0) is 0 Å². The van der Waals surface area contributed by atoms with Gasteiger partial charge in [0.1, 0.15) is 0 Å². The molecule has 0 amide bonds. The molecule has 0 fully saturated rings. The van der Waals surface area contributed by atoms with E-state index in [9.17, 15) is 0 Å². The van der Waals surface area contributed by atoms with E-state index in [1.807, 2.05) is 0 Å². The first-order valence-electron chi connectivity index (χ1n) is 17.5. The SMILES string of the molecule is CCCCCCCCC(CCCCCC)CN(CCCCCCCC)CCCCCCCCCN(C)C. The Labute approximate surface area is 237 Å². The van der Waals surface area contributed by atoms with Gasteiger partial charge in [0.15, 0.2) is 0 Å². The van der Waals surface area contributed by atoms with Gasteiger partial charge in [-0.2, -0.15) is 0 Å². The minimum absolute atomic E-state index is 0.944. The zero-order chi connectivity index (χ0) is 27.2. The molecule has 0 spiro atoms. The third-order valence-corrected chi connectivity index (χ3v) is 8.36. The van der Waals surface area contributed by atoms with Crippen molar-refractivity contribution < 1.29 is 0 Å². The van der Waals surface area contributed by atoms with Gasteiger partial charge in [-0.05, 0) is 71.8 Å². The van der Waals surface area contributed by atoms with Crippen LogP contribution in [-0.4, -0.2) is 50.1 Å². The Morgan fingerprint density at radius 2 is 0.703 bits per heavy atom. The molecule has 37 heavy (non-hydrogen) atoms. The van der Waals surface area contributed by atoms with Crippen molar-refractivity contribution in [2.45, 2.75) is 181 Å². The molecule has 1 unspecified atom stereocenters. The molecular weight excluding hydrogens is 448 g/mol. The Morgan fingerprint density at radius 3 is 1.11 bits per heavy atom. The number of rotatable bonds is 31. The molecule has 0 aromatic heterocycles. The third-order valence-electron chi connectivity index (χ3n) is 8.36. The smallest absolute Gasteiger partial charge is 0.000965 e. The van der Waals surface area contributed by atoms with Gasteiger partial charge in [0.05, 0.1) is 0 Å². The summed E-state index contributed by atoms with van der Waals surface area (Å²) < 4.78 is 0. The molecule has 0 aliphatic rings. The monoisotopic (exact) mass is 523 g/mol. The van der Waals surface area contributed by atoms with E-state index in [2.05, 4.69) is 44.7 Å². The molecule has 2 heteroatoms. The molecule has 0 aliphatic carbocycles. The zero-order valence-electron chi connectivity index (χ0n) is 27.0. The third kappa shape index (κ3) is 28.7. The molecule has 1 atom stereocenters. The standard InChI is InChI=1S/C35H74N2/c1-6-9-12-15-20-25-30-35(29-24-14-11-8-3)34-37(32-27-22-16-13-10-7-2)33-28-23-19-17-18-21-26-31-36(4)5/h35H,6-34H2,1-5H3. The molecule has 0 aromatic carbocycles. The zero-order valence-corrected chi connectivity index (χ0v) is 27.0. The van der Waals surface area contributed by atoms with Crippen molar-refractivity contribution in [1.82, 2.24) is 9.80 Å². The lowest BCUT2D eigenvalue weighted by Gasteiger charge is -2.28. The topological polar surface area (TPSA) is 6.48 Å². The van der Waals surface area contributed by atoms with Gasteiger partial charge in [0.25, 0.3) is 0 Å². The average Bonchev–Trinajstić information content (AvgIpc) is 2.88. The summed E-state index contributed by atoms with van der Waals surface area (Å²) in [5.41, 5.74) is 0. The van der Waals surface area contributed by atoms with Crippen molar-refractivity contribution in [3.05, 3.63) is 0 Å². The molecule has 224 valence electrons. The van der Waals surface area contributed by atoms with Crippen LogP contribution in [0.5, 0.6) is 0 Å². The minimum atomic E-state index is 0.944. The number of hydrogen-bond donors (Lipinski definition) is 0. The first-order chi connectivity index (χ1) is 18.1.